The fraction of sp³-hybridized carbons (Fsp3) is 0.571. The second kappa shape index (κ2) is 11.9. The van der Waals surface area contributed by atoms with Gasteiger partial charge in [0, 0.05) is 30.9 Å². The number of benzene rings is 1. The van der Waals surface area contributed by atoms with Crippen LogP contribution in [0.25, 0.3) is 0 Å². The van der Waals surface area contributed by atoms with E-state index in [1.165, 1.54) is 18.3 Å². The molecule has 7 nitrogen and oxygen atoms in total. The molecule has 39 heavy (non-hydrogen) atoms. The van der Waals surface area contributed by atoms with Gasteiger partial charge in [-0.3, -0.25) is 14.7 Å². The summed E-state index contributed by atoms with van der Waals surface area (Å²) >= 11 is 0. The molecule has 1 aliphatic heterocycles. The first kappa shape index (κ1) is 29.5. The summed E-state index contributed by atoms with van der Waals surface area (Å²) in [5, 5.41) is 12.7. The SMILES string of the molecule is CC[C@H]1c2ccc(C(=O)N[C@@H](CO)c3ccc(S(=O)(=O)CC)cn3)cc2CN1CC1CCC(C(F)(F)F)CC1. The number of hydrogen-bond donors (Lipinski definition) is 2. The van der Waals surface area contributed by atoms with Crippen molar-refractivity contribution in [1.29, 1.82) is 0 Å². The third kappa shape index (κ3) is 6.63. The minimum atomic E-state index is -4.11. The maximum Gasteiger partial charge on any atom is 0.391 e. The van der Waals surface area contributed by atoms with Crippen LogP contribution >= 0.6 is 0 Å². The van der Waals surface area contributed by atoms with Crippen molar-refractivity contribution in [2.75, 3.05) is 18.9 Å². The number of carbonyl (C=O) groups is 1. The van der Waals surface area contributed by atoms with Gasteiger partial charge in [-0.15, -0.1) is 0 Å². The third-order valence-electron chi connectivity index (χ3n) is 8.11. The monoisotopic (exact) mass is 567 g/mol. The molecule has 1 aliphatic carbocycles. The third-order valence-corrected chi connectivity index (χ3v) is 9.83. The molecule has 0 radical (unpaired) electrons. The zero-order valence-corrected chi connectivity index (χ0v) is 23.1. The maximum absolute atomic E-state index is 13.1. The van der Waals surface area contributed by atoms with Gasteiger partial charge in [0.1, 0.15) is 0 Å². The van der Waals surface area contributed by atoms with Crippen LogP contribution in [-0.2, 0) is 16.4 Å². The van der Waals surface area contributed by atoms with E-state index < -0.39 is 34.6 Å². The van der Waals surface area contributed by atoms with E-state index in [2.05, 4.69) is 22.1 Å². The molecule has 1 aromatic heterocycles. The van der Waals surface area contributed by atoms with Crippen LogP contribution in [0.15, 0.2) is 41.4 Å². The Hall–Kier alpha value is -2.50. The van der Waals surface area contributed by atoms with Crippen LogP contribution in [0.5, 0.6) is 0 Å². The van der Waals surface area contributed by atoms with Crippen LogP contribution < -0.4 is 5.32 Å². The molecule has 1 saturated carbocycles. The Labute approximate surface area is 227 Å². The summed E-state index contributed by atoms with van der Waals surface area (Å²) in [5.41, 5.74) is 2.93. The summed E-state index contributed by atoms with van der Waals surface area (Å²) < 4.78 is 63.2. The van der Waals surface area contributed by atoms with Gasteiger partial charge in [0.25, 0.3) is 5.91 Å². The van der Waals surface area contributed by atoms with Crippen molar-refractivity contribution in [3.8, 4) is 0 Å². The summed E-state index contributed by atoms with van der Waals surface area (Å²) in [6, 6.07) is 7.77. The first-order chi connectivity index (χ1) is 18.5. The van der Waals surface area contributed by atoms with Gasteiger partial charge in [-0.2, -0.15) is 13.2 Å². The van der Waals surface area contributed by atoms with Crippen molar-refractivity contribution < 1.29 is 31.5 Å². The molecular weight excluding hydrogens is 531 g/mol. The lowest BCUT2D eigenvalue weighted by molar-refractivity contribution is -0.184. The highest BCUT2D eigenvalue weighted by Crippen LogP contribution is 2.42. The van der Waals surface area contributed by atoms with E-state index in [-0.39, 0.29) is 41.4 Å². The number of alkyl halides is 3. The summed E-state index contributed by atoms with van der Waals surface area (Å²) in [7, 11) is -3.41. The second-order valence-corrected chi connectivity index (χ2v) is 12.8. The highest BCUT2D eigenvalue weighted by molar-refractivity contribution is 7.91. The number of aliphatic hydroxyl groups is 1. The molecule has 11 heteroatoms. The molecule has 2 atom stereocenters. The predicted octanol–water partition coefficient (Wildman–Crippen LogP) is 4.97. The fourth-order valence-corrected chi connectivity index (χ4v) is 6.63. The zero-order valence-electron chi connectivity index (χ0n) is 22.2. The number of pyridine rings is 1. The number of nitrogens with zero attached hydrogens (tertiary/aromatic N) is 2. The number of nitrogens with one attached hydrogen (secondary N) is 1. The lowest BCUT2D eigenvalue weighted by atomic mass is 9.81. The Bertz CT molecular complexity index is 1260. The van der Waals surface area contributed by atoms with E-state index in [9.17, 15) is 31.5 Å². The first-order valence-electron chi connectivity index (χ1n) is 13.5. The molecule has 2 N–H and O–H groups in total. The fourth-order valence-electron chi connectivity index (χ4n) is 5.81. The van der Waals surface area contributed by atoms with Gasteiger partial charge in [0.05, 0.1) is 34.9 Å². The zero-order chi connectivity index (χ0) is 28.4. The minimum Gasteiger partial charge on any atom is -0.394 e. The number of amides is 1. The largest absolute Gasteiger partial charge is 0.394 e. The number of halogens is 3. The average Bonchev–Trinajstić information content (AvgIpc) is 3.27. The summed E-state index contributed by atoms with van der Waals surface area (Å²) in [5.74, 6) is -1.40. The summed E-state index contributed by atoms with van der Waals surface area (Å²) in [6.07, 6.45) is -0.498. The molecule has 4 rings (SSSR count). The lowest BCUT2D eigenvalue weighted by Crippen LogP contribution is -2.33. The van der Waals surface area contributed by atoms with Crippen LogP contribution in [0.2, 0.25) is 0 Å². The van der Waals surface area contributed by atoms with Gasteiger partial charge in [0.2, 0.25) is 0 Å². The van der Waals surface area contributed by atoms with Crippen LogP contribution in [-0.4, -0.2) is 54.4 Å². The molecular formula is C28H36F3N3O4S. The van der Waals surface area contributed by atoms with Crippen LogP contribution in [0.4, 0.5) is 13.2 Å². The number of aromatic nitrogens is 1. The summed E-state index contributed by atoms with van der Waals surface area (Å²) in [4.78, 5) is 19.6. The van der Waals surface area contributed by atoms with E-state index in [1.54, 1.807) is 13.0 Å². The predicted molar refractivity (Wildman–Crippen MR) is 141 cm³/mol. The van der Waals surface area contributed by atoms with E-state index >= 15 is 0 Å². The normalized spacial score (nSPS) is 22.9. The number of sulfone groups is 1. The lowest BCUT2D eigenvalue weighted by Gasteiger charge is -2.34. The van der Waals surface area contributed by atoms with Gasteiger partial charge < -0.3 is 10.4 Å². The number of carbonyl (C=O) groups excluding carboxylic acids is 1. The van der Waals surface area contributed by atoms with Crippen molar-refractivity contribution in [1.82, 2.24) is 15.2 Å². The molecule has 2 aromatic rings. The van der Waals surface area contributed by atoms with E-state index in [4.69, 9.17) is 0 Å². The minimum absolute atomic E-state index is 0.0536. The molecule has 1 aromatic carbocycles. The highest BCUT2D eigenvalue weighted by Gasteiger charge is 2.42. The molecule has 2 heterocycles. The van der Waals surface area contributed by atoms with E-state index in [0.717, 1.165) is 24.1 Å². The van der Waals surface area contributed by atoms with E-state index in [1.807, 2.05) is 12.1 Å². The molecule has 214 valence electrons. The van der Waals surface area contributed by atoms with Gasteiger partial charge in [0.15, 0.2) is 9.84 Å². The molecule has 0 unspecified atom stereocenters. The Morgan fingerprint density at radius 3 is 2.44 bits per heavy atom. The smallest absolute Gasteiger partial charge is 0.391 e. The Kier molecular flexibility index (Phi) is 9.02. The maximum atomic E-state index is 13.1. The first-order valence-corrected chi connectivity index (χ1v) is 15.2. The Balaban J connectivity index is 1.41. The van der Waals surface area contributed by atoms with Crippen molar-refractivity contribution in [3.63, 3.8) is 0 Å². The molecule has 1 amide bonds. The van der Waals surface area contributed by atoms with Gasteiger partial charge >= 0.3 is 6.18 Å². The second-order valence-electron chi connectivity index (χ2n) is 10.6. The van der Waals surface area contributed by atoms with Crippen molar-refractivity contribution in [2.24, 2.45) is 11.8 Å². The average molecular weight is 568 g/mol. The van der Waals surface area contributed by atoms with Crippen molar-refractivity contribution in [3.05, 3.63) is 58.9 Å². The molecule has 2 aliphatic rings. The Morgan fingerprint density at radius 2 is 1.87 bits per heavy atom. The van der Waals surface area contributed by atoms with Gasteiger partial charge in [-0.1, -0.05) is 19.9 Å². The number of fused-ring (bicyclic) bond motifs is 1. The van der Waals surface area contributed by atoms with Crippen LogP contribution in [0, 0.1) is 11.8 Å². The van der Waals surface area contributed by atoms with Gasteiger partial charge in [-0.25, -0.2) is 8.42 Å². The van der Waals surface area contributed by atoms with Crippen molar-refractivity contribution in [2.45, 2.75) is 75.7 Å². The topological polar surface area (TPSA) is 99.6 Å². The Morgan fingerprint density at radius 1 is 1.15 bits per heavy atom. The number of aliphatic hydroxyl groups excluding tert-OH is 1. The number of rotatable bonds is 9. The molecule has 0 saturated heterocycles. The molecule has 0 bridgehead atoms. The standard InChI is InChI=1S/C28H36F3N3O4S/c1-3-26-23-11-7-19(13-20(23)16-34(26)15-18-5-8-21(9-6-18)28(29,30)31)27(36)33-25(17-35)24-12-10-22(14-32-24)39(37,38)4-2/h7,10-14,18,21,25-26,35H,3-6,8-9,15-17H2,1-2H3,(H,33,36)/t18?,21?,25-,26-/m0/s1. The quantitative estimate of drug-likeness (QED) is 0.444. The van der Waals surface area contributed by atoms with E-state index in [0.29, 0.717) is 30.6 Å². The summed E-state index contributed by atoms with van der Waals surface area (Å²) in [6.45, 7) is 4.59. The van der Waals surface area contributed by atoms with Crippen LogP contribution in [0.1, 0.15) is 85.2 Å². The number of hydrogen-bond acceptors (Lipinski definition) is 6. The molecule has 1 fully saturated rings. The van der Waals surface area contributed by atoms with Crippen LogP contribution in [0.3, 0.4) is 0 Å². The highest BCUT2D eigenvalue weighted by atomic mass is 32.2. The molecule has 0 spiro atoms. The van der Waals surface area contributed by atoms with Gasteiger partial charge in [-0.05, 0) is 73.4 Å². The van der Waals surface area contributed by atoms with Crippen molar-refractivity contribution >= 4 is 15.7 Å².